The molecule has 0 fully saturated rings. The third kappa shape index (κ3) is 4.14. The van der Waals surface area contributed by atoms with E-state index in [1.807, 2.05) is 0 Å². The summed E-state index contributed by atoms with van der Waals surface area (Å²) in [5.74, 6) is -1.12. The minimum absolute atomic E-state index is 0.0782. The van der Waals surface area contributed by atoms with E-state index < -0.39 is 18.0 Å². The van der Waals surface area contributed by atoms with Crippen LogP contribution in [0, 0.1) is 0 Å². The van der Waals surface area contributed by atoms with E-state index in [0.717, 1.165) is 5.56 Å². The standard InChI is InChI=1S/C12H16N2O3/c1-2-10(12(14)16)17-11(15)7-8-4-3-5-9(13)6-8/h3-6,10H,2,7,13H2,1H3,(H2,14,16). The number of carbonyl (C=O) groups excluding carboxylic acids is 2. The predicted octanol–water partition coefficient (Wildman–Crippen LogP) is 0.618. The Morgan fingerprint density at radius 3 is 2.65 bits per heavy atom. The molecule has 1 aromatic rings. The van der Waals surface area contributed by atoms with Crippen molar-refractivity contribution in [2.75, 3.05) is 5.73 Å². The van der Waals surface area contributed by atoms with Crippen LogP contribution in [0.5, 0.6) is 0 Å². The fraction of sp³-hybridized carbons (Fsp3) is 0.333. The van der Waals surface area contributed by atoms with Gasteiger partial charge < -0.3 is 16.2 Å². The molecule has 0 aliphatic rings. The molecular formula is C12H16N2O3. The number of amides is 1. The first kappa shape index (κ1) is 13.0. The van der Waals surface area contributed by atoms with E-state index >= 15 is 0 Å². The molecule has 0 heterocycles. The maximum absolute atomic E-state index is 11.5. The SMILES string of the molecule is CCC(OC(=O)Cc1cccc(N)c1)C(N)=O. The Labute approximate surface area is 99.7 Å². The van der Waals surface area contributed by atoms with Gasteiger partial charge in [-0.25, -0.2) is 0 Å². The van der Waals surface area contributed by atoms with E-state index in [9.17, 15) is 9.59 Å². The molecule has 0 aliphatic heterocycles. The minimum atomic E-state index is -0.858. The number of nitrogen functional groups attached to an aromatic ring is 1. The van der Waals surface area contributed by atoms with Gasteiger partial charge in [-0.05, 0) is 24.1 Å². The van der Waals surface area contributed by atoms with Gasteiger partial charge in [-0.15, -0.1) is 0 Å². The summed E-state index contributed by atoms with van der Waals surface area (Å²) < 4.78 is 4.95. The summed E-state index contributed by atoms with van der Waals surface area (Å²) in [5.41, 5.74) is 12.0. The monoisotopic (exact) mass is 236 g/mol. The number of rotatable bonds is 5. The Hall–Kier alpha value is -2.04. The first-order chi connectivity index (χ1) is 8.02. The van der Waals surface area contributed by atoms with Crippen LogP contribution < -0.4 is 11.5 Å². The zero-order chi connectivity index (χ0) is 12.8. The fourth-order valence-electron chi connectivity index (χ4n) is 1.41. The molecule has 17 heavy (non-hydrogen) atoms. The third-order valence-electron chi connectivity index (χ3n) is 2.26. The second-order valence-corrected chi connectivity index (χ2v) is 3.71. The lowest BCUT2D eigenvalue weighted by Crippen LogP contribution is -2.33. The maximum Gasteiger partial charge on any atom is 0.311 e. The van der Waals surface area contributed by atoms with Crippen molar-refractivity contribution in [3.8, 4) is 0 Å². The second-order valence-electron chi connectivity index (χ2n) is 3.71. The number of hydrogen-bond donors (Lipinski definition) is 2. The summed E-state index contributed by atoms with van der Waals surface area (Å²) in [4.78, 5) is 22.4. The van der Waals surface area contributed by atoms with Crippen LogP contribution in [-0.2, 0) is 20.7 Å². The fourth-order valence-corrected chi connectivity index (χ4v) is 1.41. The highest BCUT2D eigenvalue weighted by Gasteiger charge is 2.18. The summed E-state index contributed by atoms with van der Waals surface area (Å²) in [5, 5.41) is 0. The largest absolute Gasteiger partial charge is 0.452 e. The van der Waals surface area contributed by atoms with Crippen molar-refractivity contribution >= 4 is 17.6 Å². The normalized spacial score (nSPS) is 11.8. The number of hydrogen-bond acceptors (Lipinski definition) is 4. The molecule has 4 N–H and O–H groups in total. The number of benzene rings is 1. The van der Waals surface area contributed by atoms with Crippen LogP contribution in [0.15, 0.2) is 24.3 Å². The topological polar surface area (TPSA) is 95.4 Å². The van der Waals surface area contributed by atoms with Crippen molar-refractivity contribution in [2.24, 2.45) is 5.73 Å². The second kappa shape index (κ2) is 5.89. The van der Waals surface area contributed by atoms with Crippen LogP contribution in [0.4, 0.5) is 5.69 Å². The van der Waals surface area contributed by atoms with Gasteiger partial charge >= 0.3 is 5.97 Å². The summed E-state index contributed by atoms with van der Waals surface area (Å²) in [7, 11) is 0. The Balaban J connectivity index is 2.58. The maximum atomic E-state index is 11.5. The molecule has 1 unspecified atom stereocenters. The Kier molecular flexibility index (Phi) is 4.51. The smallest absolute Gasteiger partial charge is 0.311 e. The minimum Gasteiger partial charge on any atom is -0.452 e. The molecule has 92 valence electrons. The van der Waals surface area contributed by atoms with Crippen molar-refractivity contribution in [3.63, 3.8) is 0 Å². The van der Waals surface area contributed by atoms with Crippen molar-refractivity contribution in [1.29, 1.82) is 0 Å². The van der Waals surface area contributed by atoms with Crippen molar-refractivity contribution in [2.45, 2.75) is 25.9 Å². The van der Waals surface area contributed by atoms with Crippen LogP contribution in [-0.4, -0.2) is 18.0 Å². The van der Waals surface area contributed by atoms with Crippen LogP contribution in [0.25, 0.3) is 0 Å². The van der Waals surface area contributed by atoms with Gasteiger partial charge in [0, 0.05) is 5.69 Å². The average Bonchev–Trinajstić information content (AvgIpc) is 2.25. The molecule has 0 radical (unpaired) electrons. The van der Waals surface area contributed by atoms with Crippen LogP contribution >= 0.6 is 0 Å². The van der Waals surface area contributed by atoms with Gasteiger partial charge in [0.25, 0.3) is 5.91 Å². The molecule has 0 aliphatic carbocycles. The first-order valence-corrected chi connectivity index (χ1v) is 5.36. The first-order valence-electron chi connectivity index (χ1n) is 5.36. The van der Waals surface area contributed by atoms with Gasteiger partial charge in [-0.1, -0.05) is 19.1 Å². The number of carbonyl (C=O) groups is 2. The highest BCUT2D eigenvalue weighted by molar-refractivity contribution is 5.82. The lowest BCUT2D eigenvalue weighted by molar-refractivity contribution is -0.154. The molecule has 0 aromatic heterocycles. The summed E-state index contributed by atoms with van der Waals surface area (Å²) in [6.07, 6.45) is -0.407. The molecule has 1 aromatic carbocycles. The van der Waals surface area contributed by atoms with E-state index in [0.29, 0.717) is 12.1 Å². The van der Waals surface area contributed by atoms with Gasteiger partial charge in [0.2, 0.25) is 0 Å². The van der Waals surface area contributed by atoms with Crippen LogP contribution in [0.3, 0.4) is 0 Å². The zero-order valence-electron chi connectivity index (χ0n) is 9.68. The highest BCUT2D eigenvalue weighted by Crippen LogP contribution is 2.09. The van der Waals surface area contributed by atoms with Gasteiger partial charge in [0.1, 0.15) is 0 Å². The van der Waals surface area contributed by atoms with E-state index in [2.05, 4.69) is 0 Å². The van der Waals surface area contributed by atoms with Gasteiger partial charge in [0.15, 0.2) is 6.10 Å². The lowest BCUT2D eigenvalue weighted by atomic mass is 10.1. The predicted molar refractivity (Wildman–Crippen MR) is 63.9 cm³/mol. The Morgan fingerprint density at radius 2 is 2.12 bits per heavy atom. The average molecular weight is 236 g/mol. The molecule has 5 heteroatoms. The molecule has 5 nitrogen and oxygen atoms in total. The summed E-state index contributed by atoms with van der Waals surface area (Å²) >= 11 is 0. The van der Waals surface area contributed by atoms with E-state index in [1.54, 1.807) is 31.2 Å². The van der Waals surface area contributed by atoms with Gasteiger partial charge in [0.05, 0.1) is 6.42 Å². The summed E-state index contributed by atoms with van der Waals surface area (Å²) in [6, 6.07) is 6.94. The third-order valence-corrected chi connectivity index (χ3v) is 2.26. The lowest BCUT2D eigenvalue weighted by Gasteiger charge is -2.12. The van der Waals surface area contributed by atoms with Crippen LogP contribution in [0.1, 0.15) is 18.9 Å². The van der Waals surface area contributed by atoms with Gasteiger partial charge in [-0.2, -0.15) is 0 Å². The number of anilines is 1. The van der Waals surface area contributed by atoms with E-state index in [-0.39, 0.29) is 6.42 Å². The Bertz CT molecular complexity index is 418. The highest BCUT2D eigenvalue weighted by atomic mass is 16.5. The number of primary amides is 1. The summed E-state index contributed by atoms with van der Waals surface area (Å²) in [6.45, 7) is 1.73. The molecule has 0 saturated carbocycles. The quantitative estimate of drug-likeness (QED) is 0.578. The Morgan fingerprint density at radius 1 is 1.41 bits per heavy atom. The molecule has 1 rings (SSSR count). The molecule has 0 spiro atoms. The number of nitrogens with two attached hydrogens (primary N) is 2. The van der Waals surface area contributed by atoms with E-state index in [1.165, 1.54) is 0 Å². The van der Waals surface area contributed by atoms with Gasteiger partial charge in [-0.3, -0.25) is 9.59 Å². The van der Waals surface area contributed by atoms with E-state index in [4.69, 9.17) is 16.2 Å². The molecular weight excluding hydrogens is 220 g/mol. The molecule has 0 saturated heterocycles. The van der Waals surface area contributed by atoms with Crippen molar-refractivity contribution in [3.05, 3.63) is 29.8 Å². The zero-order valence-corrected chi connectivity index (χ0v) is 9.68. The number of esters is 1. The molecule has 1 amide bonds. The molecule has 1 atom stereocenters. The van der Waals surface area contributed by atoms with Crippen molar-refractivity contribution < 1.29 is 14.3 Å². The van der Waals surface area contributed by atoms with Crippen molar-refractivity contribution in [1.82, 2.24) is 0 Å². The molecule has 0 bridgehead atoms. The van der Waals surface area contributed by atoms with Crippen LogP contribution in [0.2, 0.25) is 0 Å². The number of ether oxygens (including phenoxy) is 1.